The van der Waals surface area contributed by atoms with E-state index in [9.17, 15) is 18.0 Å². The second kappa shape index (κ2) is 8.20. The molecule has 30 heavy (non-hydrogen) atoms. The minimum atomic E-state index is -4.31. The number of benzene rings is 2. The Bertz CT molecular complexity index is 1070. The Morgan fingerprint density at radius 1 is 1.03 bits per heavy atom. The minimum absolute atomic E-state index is 0.0319. The van der Waals surface area contributed by atoms with Crippen LogP contribution in [-0.2, 0) is 12.7 Å². The van der Waals surface area contributed by atoms with E-state index in [0.717, 1.165) is 43.9 Å². The molecule has 1 aliphatic heterocycles. The molecular formula is C22H23F3N4O. The fourth-order valence-electron chi connectivity index (χ4n) is 3.84. The topological polar surface area (TPSA) is 52.2 Å². The van der Waals surface area contributed by atoms with Gasteiger partial charge in [-0.05, 0) is 36.8 Å². The number of aromatic amines is 1. The molecule has 4 rings (SSSR count). The molecule has 0 bridgehead atoms. The lowest BCUT2D eigenvalue weighted by Gasteiger charge is -2.37. The monoisotopic (exact) mass is 416 g/mol. The van der Waals surface area contributed by atoms with Crippen LogP contribution in [0.15, 0.2) is 53.3 Å². The van der Waals surface area contributed by atoms with Gasteiger partial charge in [-0.2, -0.15) is 13.2 Å². The number of H-pyrrole nitrogens is 1. The summed E-state index contributed by atoms with van der Waals surface area (Å²) in [6.07, 6.45) is -4.31. The van der Waals surface area contributed by atoms with Crippen LogP contribution in [0.5, 0.6) is 0 Å². The zero-order valence-corrected chi connectivity index (χ0v) is 16.6. The van der Waals surface area contributed by atoms with E-state index in [1.807, 2.05) is 25.1 Å². The number of hydrogen-bond acceptors (Lipinski definition) is 4. The number of alkyl halides is 3. The Labute approximate surface area is 172 Å². The van der Waals surface area contributed by atoms with Gasteiger partial charge >= 0.3 is 6.18 Å². The molecular weight excluding hydrogens is 393 g/mol. The molecule has 0 unspecified atom stereocenters. The molecule has 1 aliphatic rings. The van der Waals surface area contributed by atoms with E-state index in [1.54, 1.807) is 18.2 Å². The fourth-order valence-corrected chi connectivity index (χ4v) is 3.84. The fraction of sp³-hybridized carbons (Fsp3) is 0.364. The number of aromatic nitrogens is 2. The summed E-state index contributed by atoms with van der Waals surface area (Å²) in [6.45, 7) is 5.81. The molecule has 158 valence electrons. The first kappa shape index (κ1) is 20.6. The maximum Gasteiger partial charge on any atom is 0.416 e. The number of rotatable bonds is 4. The van der Waals surface area contributed by atoms with Crippen LogP contribution >= 0.6 is 0 Å². The Balaban J connectivity index is 1.38. The highest BCUT2D eigenvalue weighted by Crippen LogP contribution is 2.29. The maximum absolute atomic E-state index is 12.7. The van der Waals surface area contributed by atoms with E-state index in [0.29, 0.717) is 23.3 Å². The van der Waals surface area contributed by atoms with Gasteiger partial charge in [0.25, 0.3) is 5.56 Å². The van der Waals surface area contributed by atoms with Crippen molar-refractivity contribution in [2.45, 2.75) is 25.7 Å². The van der Waals surface area contributed by atoms with Crippen molar-refractivity contribution in [1.82, 2.24) is 19.8 Å². The molecule has 1 atom stereocenters. The first-order chi connectivity index (χ1) is 14.3. The predicted molar refractivity (Wildman–Crippen MR) is 109 cm³/mol. The Morgan fingerprint density at radius 3 is 2.37 bits per heavy atom. The summed E-state index contributed by atoms with van der Waals surface area (Å²) in [4.78, 5) is 24.3. The Hall–Kier alpha value is -2.71. The third-order valence-corrected chi connectivity index (χ3v) is 5.67. The summed E-state index contributed by atoms with van der Waals surface area (Å²) in [6, 6.07) is 12.6. The summed E-state index contributed by atoms with van der Waals surface area (Å²) < 4.78 is 38.1. The van der Waals surface area contributed by atoms with Crippen molar-refractivity contribution in [2.24, 2.45) is 0 Å². The normalized spacial score (nSPS) is 17.3. The van der Waals surface area contributed by atoms with Crippen LogP contribution in [0.1, 0.15) is 29.9 Å². The van der Waals surface area contributed by atoms with E-state index in [-0.39, 0.29) is 11.6 Å². The number of hydrogen-bond donors (Lipinski definition) is 1. The molecule has 0 spiro atoms. The van der Waals surface area contributed by atoms with E-state index < -0.39 is 11.7 Å². The minimum Gasteiger partial charge on any atom is -0.309 e. The molecule has 1 fully saturated rings. The van der Waals surface area contributed by atoms with Crippen LogP contribution in [0.25, 0.3) is 10.9 Å². The Morgan fingerprint density at radius 2 is 1.70 bits per heavy atom. The first-order valence-electron chi connectivity index (χ1n) is 9.93. The van der Waals surface area contributed by atoms with Crippen molar-refractivity contribution in [3.05, 3.63) is 75.8 Å². The molecule has 1 N–H and O–H groups in total. The Kier molecular flexibility index (Phi) is 5.62. The van der Waals surface area contributed by atoms with Crippen molar-refractivity contribution in [3.8, 4) is 0 Å². The second-order valence-corrected chi connectivity index (χ2v) is 7.65. The van der Waals surface area contributed by atoms with Gasteiger partial charge in [0, 0.05) is 32.7 Å². The summed E-state index contributed by atoms with van der Waals surface area (Å²) in [5, 5.41) is 0.579. The van der Waals surface area contributed by atoms with Crippen molar-refractivity contribution in [2.75, 3.05) is 26.2 Å². The number of piperazine rings is 1. The number of halogens is 3. The molecule has 8 heteroatoms. The largest absolute Gasteiger partial charge is 0.416 e. The van der Waals surface area contributed by atoms with Crippen molar-refractivity contribution < 1.29 is 13.2 Å². The molecule has 3 aromatic rings. The molecule has 2 heterocycles. The molecule has 0 amide bonds. The van der Waals surface area contributed by atoms with Crippen LogP contribution in [0.2, 0.25) is 0 Å². The van der Waals surface area contributed by atoms with Crippen LogP contribution in [0, 0.1) is 0 Å². The molecule has 5 nitrogen and oxygen atoms in total. The first-order valence-corrected chi connectivity index (χ1v) is 9.93. The van der Waals surface area contributed by atoms with Crippen molar-refractivity contribution in [1.29, 1.82) is 0 Å². The SMILES string of the molecule is C[C@H](c1nc2ccccc2c(=O)[nH]1)N1CCN(Cc2ccc(C(F)(F)F)cc2)CC1. The highest BCUT2D eigenvalue weighted by Gasteiger charge is 2.30. The van der Waals surface area contributed by atoms with Gasteiger partial charge in [0.2, 0.25) is 0 Å². The number of nitrogens with zero attached hydrogens (tertiary/aromatic N) is 3. The van der Waals surface area contributed by atoms with Gasteiger partial charge in [-0.1, -0.05) is 24.3 Å². The molecule has 0 saturated carbocycles. The second-order valence-electron chi connectivity index (χ2n) is 7.65. The lowest BCUT2D eigenvalue weighted by Crippen LogP contribution is -2.47. The van der Waals surface area contributed by atoms with Gasteiger partial charge in [-0.25, -0.2) is 4.98 Å². The van der Waals surface area contributed by atoms with Gasteiger partial charge in [0.1, 0.15) is 5.82 Å². The van der Waals surface area contributed by atoms with Crippen molar-refractivity contribution >= 4 is 10.9 Å². The highest BCUT2D eigenvalue weighted by molar-refractivity contribution is 5.77. The zero-order valence-electron chi connectivity index (χ0n) is 16.6. The van der Waals surface area contributed by atoms with Crippen LogP contribution in [-0.4, -0.2) is 45.9 Å². The summed E-state index contributed by atoms with van der Waals surface area (Å²) in [5.41, 5.74) is 0.791. The van der Waals surface area contributed by atoms with Gasteiger partial charge in [-0.3, -0.25) is 14.6 Å². The average Bonchev–Trinajstić information content (AvgIpc) is 2.73. The zero-order chi connectivity index (χ0) is 21.3. The summed E-state index contributed by atoms with van der Waals surface area (Å²) in [7, 11) is 0. The van der Waals surface area contributed by atoms with Gasteiger partial charge < -0.3 is 4.98 Å². The summed E-state index contributed by atoms with van der Waals surface area (Å²) >= 11 is 0. The van der Waals surface area contributed by atoms with Crippen LogP contribution < -0.4 is 5.56 Å². The van der Waals surface area contributed by atoms with Gasteiger partial charge in [0.05, 0.1) is 22.5 Å². The standard InChI is InChI=1S/C22H23F3N4O/c1-15(20-26-19-5-3-2-4-18(19)21(30)27-20)29-12-10-28(11-13-29)14-16-6-8-17(9-7-16)22(23,24)25/h2-9,15H,10-14H2,1H3,(H,26,27,30)/t15-/m1/s1. The van der Waals surface area contributed by atoms with Crippen LogP contribution in [0.4, 0.5) is 13.2 Å². The molecule has 0 aliphatic carbocycles. The number of fused-ring (bicyclic) bond motifs is 1. The van der Waals surface area contributed by atoms with E-state index in [1.165, 1.54) is 0 Å². The number of para-hydroxylation sites is 1. The van der Waals surface area contributed by atoms with Crippen LogP contribution in [0.3, 0.4) is 0 Å². The van der Waals surface area contributed by atoms with E-state index in [2.05, 4.69) is 19.8 Å². The molecule has 0 radical (unpaired) electrons. The maximum atomic E-state index is 12.7. The molecule has 1 aromatic heterocycles. The van der Waals surface area contributed by atoms with Gasteiger partial charge in [-0.15, -0.1) is 0 Å². The van der Waals surface area contributed by atoms with Gasteiger partial charge in [0.15, 0.2) is 0 Å². The lowest BCUT2D eigenvalue weighted by molar-refractivity contribution is -0.137. The quantitative estimate of drug-likeness (QED) is 0.703. The number of nitrogens with one attached hydrogen (secondary N) is 1. The molecule has 1 saturated heterocycles. The third-order valence-electron chi connectivity index (χ3n) is 5.67. The average molecular weight is 416 g/mol. The lowest BCUT2D eigenvalue weighted by atomic mass is 10.1. The van der Waals surface area contributed by atoms with E-state index in [4.69, 9.17) is 0 Å². The third kappa shape index (κ3) is 4.39. The molecule has 2 aromatic carbocycles. The highest BCUT2D eigenvalue weighted by atomic mass is 19.4. The van der Waals surface area contributed by atoms with E-state index >= 15 is 0 Å². The predicted octanol–water partition coefficient (Wildman–Crippen LogP) is 3.82. The smallest absolute Gasteiger partial charge is 0.309 e. The van der Waals surface area contributed by atoms with Crippen molar-refractivity contribution in [3.63, 3.8) is 0 Å². The summed E-state index contributed by atoms with van der Waals surface area (Å²) in [5.74, 6) is 0.648.